The molecule has 0 aromatic heterocycles. The predicted molar refractivity (Wildman–Crippen MR) is 99.9 cm³/mol. The van der Waals surface area contributed by atoms with Crippen LogP contribution in [0.3, 0.4) is 0 Å². The molecule has 2 N–H and O–H groups in total. The van der Waals surface area contributed by atoms with Crippen molar-refractivity contribution in [1.82, 2.24) is 5.32 Å². The highest BCUT2D eigenvalue weighted by atomic mass is 16.5. The Morgan fingerprint density at radius 3 is 2.04 bits per heavy atom. The molecule has 0 bridgehead atoms. The molecule has 0 heterocycles. The summed E-state index contributed by atoms with van der Waals surface area (Å²) >= 11 is 0. The molecule has 1 amide bonds. The molecule has 2 rings (SSSR count). The van der Waals surface area contributed by atoms with E-state index in [0.717, 1.165) is 11.1 Å². The largest absolute Gasteiger partial charge is 0.496 e. The molecule has 0 aliphatic heterocycles. The molecule has 2 aromatic carbocycles. The number of carbonyl (C=O) groups is 2. The zero-order chi connectivity index (χ0) is 19.8. The summed E-state index contributed by atoms with van der Waals surface area (Å²) in [7, 11) is 4.70. The van der Waals surface area contributed by atoms with E-state index in [1.54, 1.807) is 45.6 Å². The maximum atomic E-state index is 12.1. The Balaban J connectivity index is 1.95. The number of nitrogens with one attached hydrogen (secondary N) is 1. The summed E-state index contributed by atoms with van der Waals surface area (Å²) in [6.07, 6.45) is 0.705. The van der Waals surface area contributed by atoms with Crippen LogP contribution in [0.5, 0.6) is 17.2 Å². The lowest BCUT2D eigenvalue weighted by Gasteiger charge is -2.15. The Morgan fingerprint density at radius 1 is 0.963 bits per heavy atom. The summed E-state index contributed by atoms with van der Waals surface area (Å²) in [6, 6.07) is 9.78. The van der Waals surface area contributed by atoms with Gasteiger partial charge < -0.3 is 24.6 Å². The number of carboxylic acids is 1. The Labute approximate surface area is 157 Å². The van der Waals surface area contributed by atoms with E-state index in [0.29, 0.717) is 30.2 Å². The zero-order valence-electron chi connectivity index (χ0n) is 15.6. The van der Waals surface area contributed by atoms with Crippen LogP contribution in [-0.2, 0) is 17.6 Å². The molecule has 7 heteroatoms. The maximum Gasteiger partial charge on any atom is 0.335 e. The van der Waals surface area contributed by atoms with Crippen molar-refractivity contribution < 1.29 is 28.9 Å². The quantitative estimate of drug-likeness (QED) is 0.701. The molecule has 2 aromatic rings. The van der Waals surface area contributed by atoms with Crippen LogP contribution in [0.25, 0.3) is 0 Å². The number of hydrogen-bond acceptors (Lipinski definition) is 5. The van der Waals surface area contributed by atoms with E-state index in [4.69, 9.17) is 19.3 Å². The van der Waals surface area contributed by atoms with Crippen LogP contribution in [-0.4, -0.2) is 44.9 Å². The van der Waals surface area contributed by atoms with Gasteiger partial charge in [0.05, 0.1) is 33.3 Å². The first-order valence-corrected chi connectivity index (χ1v) is 8.36. The average Bonchev–Trinajstić information content (AvgIpc) is 2.68. The van der Waals surface area contributed by atoms with Gasteiger partial charge in [-0.1, -0.05) is 12.1 Å². The lowest BCUT2D eigenvalue weighted by Crippen LogP contribution is -2.27. The summed E-state index contributed by atoms with van der Waals surface area (Å²) in [6.45, 7) is 0.408. The van der Waals surface area contributed by atoms with Crippen molar-refractivity contribution in [3.8, 4) is 17.2 Å². The highest BCUT2D eigenvalue weighted by Gasteiger charge is 2.13. The number of carbonyl (C=O) groups excluding carboxylic acids is 1. The normalized spacial score (nSPS) is 10.2. The number of ether oxygens (including phenoxy) is 3. The van der Waals surface area contributed by atoms with Crippen LogP contribution in [0.15, 0.2) is 36.4 Å². The minimum absolute atomic E-state index is 0.149. The van der Waals surface area contributed by atoms with Gasteiger partial charge in [0.25, 0.3) is 0 Å². The Morgan fingerprint density at radius 2 is 1.56 bits per heavy atom. The second-order valence-corrected chi connectivity index (χ2v) is 5.79. The molecular formula is C20H23NO6. The van der Waals surface area contributed by atoms with Crippen molar-refractivity contribution >= 4 is 11.9 Å². The van der Waals surface area contributed by atoms with E-state index in [-0.39, 0.29) is 17.9 Å². The van der Waals surface area contributed by atoms with Gasteiger partial charge in [0, 0.05) is 24.2 Å². The van der Waals surface area contributed by atoms with Crippen molar-refractivity contribution in [2.45, 2.75) is 12.8 Å². The molecule has 0 saturated heterocycles. The Kier molecular flexibility index (Phi) is 7.05. The molecular weight excluding hydrogens is 350 g/mol. The lowest BCUT2D eigenvalue weighted by atomic mass is 10.1. The number of aromatic carboxylic acids is 1. The van der Waals surface area contributed by atoms with Gasteiger partial charge in [0.15, 0.2) is 0 Å². The van der Waals surface area contributed by atoms with E-state index in [2.05, 4.69) is 5.32 Å². The summed E-state index contributed by atoms with van der Waals surface area (Å²) in [5.74, 6) is 0.744. The third-order valence-electron chi connectivity index (χ3n) is 4.08. The van der Waals surface area contributed by atoms with Gasteiger partial charge in [-0.2, -0.15) is 0 Å². The Hall–Kier alpha value is -3.22. The number of methoxy groups -OCH3 is 3. The molecule has 7 nitrogen and oxygen atoms in total. The van der Waals surface area contributed by atoms with Gasteiger partial charge in [-0.05, 0) is 24.1 Å². The zero-order valence-corrected chi connectivity index (χ0v) is 15.6. The SMILES string of the molecule is COc1cc(OC)c(CCNC(=O)Cc2ccc(C(=O)O)cc2)c(OC)c1. The van der Waals surface area contributed by atoms with E-state index in [1.165, 1.54) is 12.1 Å². The minimum atomic E-state index is -0.992. The summed E-state index contributed by atoms with van der Waals surface area (Å²) in [5.41, 5.74) is 1.78. The van der Waals surface area contributed by atoms with E-state index >= 15 is 0 Å². The number of rotatable bonds is 9. The van der Waals surface area contributed by atoms with E-state index < -0.39 is 5.97 Å². The Bertz CT molecular complexity index is 776. The highest BCUT2D eigenvalue weighted by molar-refractivity contribution is 5.87. The van der Waals surface area contributed by atoms with Crippen molar-refractivity contribution in [3.63, 3.8) is 0 Å². The van der Waals surface area contributed by atoms with Crippen LogP contribution < -0.4 is 19.5 Å². The molecule has 0 radical (unpaired) electrons. The molecule has 144 valence electrons. The minimum Gasteiger partial charge on any atom is -0.496 e. The van der Waals surface area contributed by atoms with Crippen LogP contribution in [0.4, 0.5) is 0 Å². The van der Waals surface area contributed by atoms with Crippen LogP contribution >= 0.6 is 0 Å². The lowest BCUT2D eigenvalue weighted by molar-refractivity contribution is -0.120. The number of benzene rings is 2. The van der Waals surface area contributed by atoms with Crippen molar-refractivity contribution in [2.24, 2.45) is 0 Å². The number of hydrogen-bond donors (Lipinski definition) is 2. The molecule has 0 saturated carbocycles. The van der Waals surface area contributed by atoms with Gasteiger partial charge >= 0.3 is 5.97 Å². The van der Waals surface area contributed by atoms with Gasteiger partial charge in [0.1, 0.15) is 17.2 Å². The molecule has 0 aliphatic carbocycles. The fourth-order valence-corrected chi connectivity index (χ4v) is 2.66. The van der Waals surface area contributed by atoms with E-state index in [9.17, 15) is 9.59 Å². The molecule has 0 atom stereocenters. The fraction of sp³-hybridized carbons (Fsp3) is 0.300. The van der Waals surface area contributed by atoms with E-state index in [1.807, 2.05) is 0 Å². The van der Waals surface area contributed by atoms with Crippen LogP contribution in [0.1, 0.15) is 21.5 Å². The predicted octanol–water partition coefficient (Wildman–Crippen LogP) is 2.31. The van der Waals surface area contributed by atoms with Crippen LogP contribution in [0.2, 0.25) is 0 Å². The van der Waals surface area contributed by atoms with Gasteiger partial charge in [-0.25, -0.2) is 4.79 Å². The maximum absolute atomic E-state index is 12.1. The number of amides is 1. The first kappa shape index (κ1) is 20.1. The fourth-order valence-electron chi connectivity index (χ4n) is 2.66. The van der Waals surface area contributed by atoms with Crippen molar-refractivity contribution in [3.05, 3.63) is 53.1 Å². The van der Waals surface area contributed by atoms with Crippen molar-refractivity contribution in [2.75, 3.05) is 27.9 Å². The smallest absolute Gasteiger partial charge is 0.335 e. The molecule has 0 aliphatic rings. The van der Waals surface area contributed by atoms with Gasteiger partial charge in [-0.3, -0.25) is 4.79 Å². The molecule has 27 heavy (non-hydrogen) atoms. The monoisotopic (exact) mass is 373 g/mol. The van der Waals surface area contributed by atoms with Crippen LogP contribution in [0, 0.1) is 0 Å². The van der Waals surface area contributed by atoms with Gasteiger partial charge in [-0.15, -0.1) is 0 Å². The number of carboxylic acid groups (broad SMARTS) is 1. The van der Waals surface area contributed by atoms with Crippen molar-refractivity contribution in [1.29, 1.82) is 0 Å². The summed E-state index contributed by atoms with van der Waals surface area (Å²) in [5, 5.41) is 11.7. The highest BCUT2D eigenvalue weighted by Crippen LogP contribution is 2.34. The average molecular weight is 373 g/mol. The molecule has 0 spiro atoms. The first-order chi connectivity index (χ1) is 13.0. The second-order valence-electron chi connectivity index (χ2n) is 5.79. The first-order valence-electron chi connectivity index (χ1n) is 8.36. The topological polar surface area (TPSA) is 94.1 Å². The second kappa shape index (κ2) is 9.47. The molecule has 0 unspecified atom stereocenters. The molecule has 0 fully saturated rings. The third-order valence-corrected chi connectivity index (χ3v) is 4.08. The third kappa shape index (κ3) is 5.37. The summed E-state index contributed by atoms with van der Waals surface area (Å²) < 4.78 is 16.0. The summed E-state index contributed by atoms with van der Waals surface area (Å²) in [4.78, 5) is 23.0. The van der Waals surface area contributed by atoms with Gasteiger partial charge in [0.2, 0.25) is 5.91 Å². The standard InChI is InChI=1S/C20H23NO6/c1-25-15-11-17(26-2)16(18(12-15)27-3)8-9-21-19(22)10-13-4-6-14(7-5-13)20(23)24/h4-7,11-12H,8-10H2,1-3H3,(H,21,22)(H,23,24).